The van der Waals surface area contributed by atoms with E-state index in [1.165, 1.54) is 0 Å². The summed E-state index contributed by atoms with van der Waals surface area (Å²) in [6.45, 7) is 4.15. The molecule has 31 heavy (non-hydrogen) atoms. The van der Waals surface area contributed by atoms with Crippen molar-refractivity contribution in [2.45, 2.75) is 36.3 Å². The largest absolute Gasteiger partial charge is 0.393 e. The van der Waals surface area contributed by atoms with Crippen LogP contribution in [-0.4, -0.2) is 73.9 Å². The van der Waals surface area contributed by atoms with Gasteiger partial charge in [-0.3, -0.25) is 4.79 Å². The van der Waals surface area contributed by atoms with Gasteiger partial charge in [0.2, 0.25) is 5.91 Å². The molecule has 2 fully saturated rings. The molecule has 0 radical (unpaired) electrons. The Hall–Kier alpha value is -2.59. The minimum absolute atomic E-state index is 0.0903. The van der Waals surface area contributed by atoms with E-state index in [9.17, 15) is 14.7 Å². The molecule has 4 rings (SSSR count). The zero-order valence-corrected chi connectivity index (χ0v) is 18.6. The summed E-state index contributed by atoms with van der Waals surface area (Å²) in [6.07, 6.45) is 2.63. The van der Waals surface area contributed by atoms with Crippen LogP contribution < -0.4 is 5.32 Å². The van der Waals surface area contributed by atoms with Gasteiger partial charge in [-0.25, -0.2) is 4.79 Å². The van der Waals surface area contributed by atoms with Gasteiger partial charge in [0, 0.05) is 44.2 Å². The van der Waals surface area contributed by atoms with E-state index in [1.54, 1.807) is 23.0 Å². The molecule has 2 aromatic rings. The first kappa shape index (κ1) is 21.6. The van der Waals surface area contributed by atoms with Gasteiger partial charge in [0.25, 0.3) is 0 Å². The number of likely N-dealkylation sites (tertiary alicyclic amines) is 2. The molecule has 0 spiro atoms. The summed E-state index contributed by atoms with van der Waals surface area (Å²) in [4.78, 5) is 28.6. The fourth-order valence-corrected chi connectivity index (χ4v) is 4.73. The van der Waals surface area contributed by atoms with Crippen LogP contribution in [0.2, 0.25) is 0 Å². The molecule has 1 aromatic heterocycles. The fraction of sp³-hybridized carbons (Fsp3) is 0.524. The highest BCUT2D eigenvalue weighted by Crippen LogP contribution is 2.34. The van der Waals surface area contributed by atoms with E-state index in [2.05, 4.69) is 22.4 Å². The van der Waals surface area contributed by atoms with E-state index >= 15 is 0 Å². The lowest BCUT2D eigenvalue weighted by Crippen LogP contribution is -2.58. The van der Waals surface area contributed by atoms with Crippen LogP contribution in [0.3, 0.4) is 0 Å². The fourth-order valence-electron chi connectivity index (χ4n) is 3.82. The lowest BCUT2D eigenvalue weighted by molar-refractivity contribution is -0.141. The number of carbonyl (C=O) groups excluding carboxylic acids is 2. The van der Waals surface area contributed by atoms with Crippen molar-refractivity contribution < 1.29 is 14.7 Å². The van der Waals surface area contributed by atoms with Crippen molar-refractivity contribution in [3.05, 3.63) is 36.2 Å². The summed E-state index contributed by atoms with van der Waals surface area (Å²) in [5.74, 6) is -0.0530. The monoisotopic (exact) mass is 444 g/mol. The number of aliphatic hydroxyl groups is 1. The topological polar surface area (TPSA) is 104 Å². The maximum absolute atomic E-state index is 12.6. The first-order chi connectivity index (χ1) is 14.9. The van der Waals surface area contributed by atoms with Gasteiger partial charge in [0.15, 0.2) is 5.16 Å². The van der Waals surface area contributed by atoms with Gasteiger partial charge < -0.3 is 24.8 Å². The number of urea groups is 1. The maximum atomic E-state index is 12.6. The van der Waals surface area contributed by atoms with Gasteiger partial charge in [0.1, 0.15) is 6.33 Å². The summed E-state index contributed by atoms with van der Waals surface area (Å²) in [5.41, 5.74) is 1.81. The Balaban J connectivity index is 1.28. The average molecular weight is 445 g/mol. The number of aromatic nitrogens is 3. The molecule has 0 unspecified atom stereocenters. The van der Waals surface area contributed by atoms with Crippen molar-refractivity contribution >= 4 is 29.4 Å². The number of nitrogens with one attached hydrogen (secondary N) is 1. The van der Waals surface area contributed by atoms with E-state index < -0.39 is 0 Å². The van der Waals surface area contributed by atoms with E-state index in [1.807, 2.05) is 40.8 Å². The molecule has 2 aliphatic heterocycles. The van der Waals surface area contributed by atoms with Crippen molar-refractivity contribution in [2.24, 2.45) is 13.0 Å². The minimum atomic E-state index is -0.301. The normalized spacial score (nSPS) is 18.5. The van der Waals surface area contributed by atoms with Crippen molar-refractivity contribution in [1.82, 2.24) is 24.6 Å². The summed E-state index contributed by atoms with van der Waals surface area (Å²) in [5, 5.41) is 21.5. The van der Waals surface area contributed by atoms with Crippen LogP contribution in [-0.2, 0) is 11.8 Å². The van der Waals surface area contributed by atoms with Crippen molar-refractivity contribution in [1.29, 1.82) is 0 Å². The number of nitrogens with zero attached hydrogens (tertiary/aromatic N) is 5. The van der Waals surface area contributed by atoms with Crippen molar-refractivity contribution in [3.63, 3.8) is 0 Å². The van der Waals surface area contributed by atoms with Crippen LogP contribution in [0.5, 0.6) is 0 Å². The number of hydrogen-bond acceptors (Lipinski definition) is 6. The number of aliphatic hydroxyl groups excluding tert-OH is 1. The third kappa shape index (κ3) is 5.01. The van der Waals surface area contributed by atoms with Gasteiger partial charge >= 0.3 is 6.03 Å². The smallest absolute Gasteiger partial charge is 0.321 e. The van der Waals surface area contributed by atoms with E-state index in [-0.39, 0.29) is 29.2 Å². The summed E-state index contributed by atoms with van der Waals surface area (Å²) in [6, 6.07) is 7.59. The molecule has 3 heterocycles. The lowest BCUT2D eigenvalue weighted by Gasteiger charge is -2.41. The van der Waals surface area contributed by atoms with Gasteiger partial charge in [-0.1, -0.05) is 23.9 Å². The Morgan fingerprint density at radius 3 is 2.65 bits per heavy atom. The highest BCUT2D eigenvalue weighted by atomic mass is 32.2. The number of anilines is 1. The first-order valence-corrected chi connectivity index (χ1v) is 11.4. The average Bonchev–Trinajstić information content (AvgIpc) is 3.12. The van der Waals surface area contributed by atoms with Crippen molar-refractivity contribution in [3.8, 4) is 0 Å². The van der Waals surface area contributed by atoms with Gasteiger partial charge in [-0.15, -0.1) is 10.2 Å². The third-order valence-corrected chi connectivity index (χ3v) is 7.06. The van der Waals surface area contributed by atoms with Gasteiger partial charge in [0.05, 0.1) is 12.0 Å². The zero-order valence-electron chi connectivity index (χ0n) is 17.8. The standard InChI is InChI=1S/C21H28N6O3S/c1-14(31-21-24-22-13-25(21)2)15-4-3-5-17(10-15)23-20(30)27-11-16(12-27)19(29)26-8-6-18(28)7-9-26/h3-5,10,13-14,16,18,28H,6-9,11-12H2,1-2H3,(H,23,30)/t14-/m0/s1. The number of piperidine rings is 1. The second-order valence-corrected chi connectivity index (χ2v) is 9.51. The van der Waals surface area contributed by atoms with E-state index in [4.69, 9.17) is 0 Å². The number of benzene rings is 1. The molecule has 1 atom stereocenters. The molecule has 3 amide bonds. The van der Waals surface area contributed by atoms with E-state index in [0.29, 0.717) is 39.0 Å². The first-order valence-electron chi connectivity index (χ1n) is 10.5. The number of carbonyl (C=O) groups is 2. The summed E-state index contributed by atoms with van der Waals surface area (Å²) < 4.78 is 1.88. The molecule has 166 valence electrons. The molecule has 0 saturated carbocycles. The number of amides is 3. The van der Waals surface area contributed by atoms with Crippen LogP contribution in [0.25, 0.3) is 0 Å². The Bertz CT molecular complexity index is 937. The number of hydrogen-bond donors (Lipinski definition) is 2. The van der Waals surface area contributed by atoms with Crippen LogP contribution >= 0.6 is 11.8 Å². The van der Waals surface area contributed by atoms with Crippen LogP contribution in [0.4, 0.5) is 10.5 Å². The van der Waals surface area contributed by atoms with Crippen LogP contribution in [0, 0.1) is 5.92 Å². The molecule has 0 bridgehead atoms. The predicted molar refractivity (Wildman–Crippen MR) is 118 cm³/mol. The van der Waals surface area contributed by atoms with E-state index in [0.717, 1.165) is 16.4 Å². The molecule has 0 aliphatic carbocycles. The van der Waals surface area contributed by atoms with Crippen LogP contribution in [0.15, 0.2) is 35.7 Å². The molecule has 1 aromatic carbocycles. The van der Waals surface area contributed by atoms with Crippen LogP contribution in [0.1, 0.15) is 30.6 Å². The third-order valence-electron chi connectivity index (χ3n) is 5.85. The lowest BCUT2D eigenvalue weighted by atomic mass is 9.97. The Morgan fingerprint density at radius 2 is 1.97 bits per heavy atom. The predicted octanol–water partition coefficient (Wildman–Crippen LogP) is 2.12. The molecule has 9 nitrogen and oxygen atoms in total. The SMILES string of the molecule is C[C@H](Sc1nncn1C)c1cccc(NC(=O)N2CC(C(=O)N3CCC(O)CC3)C2)c1. The number of aryl methyl sites for hydroxylation is 1. The summed E-state index contributed by atoms with van der Waals surface area (Å²) in [7, 11) is 1.91. The molecule has 2 N–H and O–H groups in total. The second-order valence-electron chi connectivity index (χ2n) is 8.20. The minimum Gasteiger partial charge on any atom is -0.393 e. The molecular formula is C21H28N6O3S. The summed E-state index contributed by atoms with van der Waals surface area (Å²) >= 11 is 1.61. The molecule has 2 saturated heterocycles. The molecule has 2 aliphatic rings. The van der Waals surface area contributed by atoms with Gasteiger partial charge in [-0.05, 0) is 37.5 Å². The quantitative estimate of drug-likeness (QED) is 0.685. The Kier molecular flexibility index (Phi) is 6.47. The Morgan fingerprint density at radius 1 is 1.23 bits per heavy atom. The number of rotatable bonds is 5. The number of thioether (sulfide) groups is 1. The Labute approximate surface area is 185 Å². The van der Waals surface area contributed by atoms with Gasteiger partial charge in [-0.2, -0.15) is 0 Å². The molecule has 10 heteroatoms. The highest BCUT2D eigenvalue weighted by Gasteiger charge is 2.38. The molecular weight excluding hydrogens is 416 g/mol. The highest BCUT2D eigenvalue weighted by molar-refractivity contribution is 7.99. The maximum Gasteiger partial charge on any atom is 0.321 e. The zero-order chi connectivity index (χ0) is 22.0. The second kappa shape index (κ2) is 9.27. The van der Waals surface area contributed by atoms with Crippen molar-refractivity contribution in [2.75, 3.05) is 31.5 Å².